The first-order valence-corrected chi connectivity index (χ1v) is 7.80. The van der Waals surface area contributed by atoms with Crippen LogP contribution in [0.15, 0.2) is 16.6 Å². The fraction of sp³-hybridized carbons (Fsp3) is 0.625. The molecule has 2 heteroatoms. The van der Waals surface area contributed by atoms with Crippen LogP contribution in [0.4, 0.5) is 0 Å². The topological polar surface area (TPSA) is 12.0 Å². The smallest absolute Gasteiger partial charge is 0.0346 e. The monoisotopic (exact) mass is 311 g/mol. The molecule has 1 aromatic rings. The maximum absolute atomic E-state index is 3.69. The van der Waals surface area contributed by atoms with Crippen molar-refractivity contribution in [1.29, 1.82) is 0 Å². The summed E-state index contributed by atoms with van der Waals surface area (Å²) in [6, 6.07) is 5.10. The van der Waals surface area contributed by atoms with Gasteiger partial charge in [0.05, 0.1) is 0 Å². The molecule has 1 rings (SSSR count). The van der Waals surface area contributed by atoms with Gasteiger partial charge in [-0.1, -0.05) is 55.3 Å². The van der Waals surface area contributed by atoms with Gasteiger partial charge in [0.1, 0.15) is 0 Å². The van der Waals surface area contributed by atoms with Crippen LogP contribution in [0.3, 0.4) is 0 Å². The number of aryl methyl sites for hydroxylation is 2. The molecule has 0 radical (unpaired) electrons. The maximum atomic E-state index is 3.69. The molecule has 1 aromatic carbocycles. The van der Waals surface area contributed by atoms with Gasteiger partial charge in [-0.2, -0.15) is 0 Å². The Hall–Kier alpha value is -0.340. The van der Waals surface area contributed by atoms with Crippen molar-refractivity contribution in [2.24, 2.45) is 5.92 Å². The Morgan fingerprint density at radius 2 is 1.72 bits per heavy atom. The Balaban J connectivity index is 3.04. The van der Waals surface area contributed by atoms with Crippen molar-refractivity contribution < 1.29 is 0 Å². The average molecular weight is 312 g/mol. The highest BCUT2D eigenvalue weighted by Gasteiger charge is 2.18. The van der Waals surface area contributed by atoms with Gasteiger partial charge in [0.15, 0.2) is 0 Å². The SMILES string of the molecule is CCCNC(c1cc(C)c(Br)c(C)c1)C(C)CC. The van der Waals surface area contributed by atoms with Crippen LogP contribution in [0.25, 0.3) is 0 Å². The maximum Gasteiger partial charge on any atom is 0.0346 e. The van der Waals surface area contributed by atoms with E-state index < -0.39 is 0 Å². The molecule has 0 amide bonds. The van der Waals surface area contributed by atoms with E-state index in [1.54, 1.807) is 0 Å². The van der Waals surface area contributed by atoms with Crippen molar-refractivity contribution in [3.05, 3.63) is 33.3 Å². The third-order valence-electron chi connectivity index (χ3n) is 3.65. The molecule has 18 heavy (non-hydrogen) atoms. The summed E-state index contributed by atoms with van der Waals surface area (Å²) in [5.41, 5.74) is 4.09. The number of halogens is 1. The summed E-state index contributed by atoms with van der Waals surface area (Å²) in [5.74, 6) is 0.663. The molecule has 0 spiro atoms. The third kappa shape index (κ3) is 3.83. The van der Waals surface area contributed by atoms with Crippen LogP contribution in [0.1, 0.15) is 56.3 Å². The van der Waals surface area contributed by atoms with Crippen LogP contribution < -0.4 is 5.32 Å². The Labute approximate surface area is 120 Å². The Morgan fingerprint density at radius 3 is 2.17 bits per heavy atom. The van der Waals surface area contributed by atoms with E-state index in [1.807, 2.05) is 0 Å². The van der Waals surface area contributed by atoms with Crippen molar-refractivity contribution in [1.82, 2.24) is 5.32 Å². The highest BCUT2D eigenvalue weighted by molar-refractivity contribution is 9.10. The van der Waals surface area contributed by atoms with Gasteiger partial charge in [0.25, 0.3) is 0 Å². The predicted molar refractivity (Wildman–Crippen MR) is 84.1 cm³/mol. The fourth-order valence-corrected chi connectivity index (χ4v) is 2.57. The summed E-state index contributed by atoms with van der Waals surface area (Å²) < 4.78 is 1.24. The van der Waals surface area contributed by atoms with E-state index in [0.717, 1.165) is 6.54 Å². The molecule has 0 heterocycles. The Morgan fingerprint density at radius 1 is 1.17 bits per heavy atom. The fourth-order valence-electron chi connectivity index (χ4n) is 2.34. The average Bonchev–Trinajstić information content (AvgIpc) is 2.35. The van der Waals surface area contributed by atoms with Gasteiger partial charge in [-0.15, -0.1) is 0 Å². The molecular weight excluding hydrogens is 286 g/mol. The second-order valence-corrected chi connectivity index (χ2v) is 6.08. The molecule has 102 valence electrons. The van der Waals surface area contributed by atoms with Crippen LogP contribution in [-0.2, 0) is 0 Å². The largest absolute Gasteiger partial charge is 0.310 e. The lowest BCUT2D eigenvalue weighted by Crippen LogP contribution is -2.27. The predicted octanol–water partition coefficient (Wildman–Crippen LogP) is 5.15. The Kier molecular flexibility index (Phi) is 6.37. The molecule has 0 aliphatic carbocycles. The first kappa shape index (κ1) is 15.7. The first-order valence-electron chi connectivity index (χ1n) is 7.01. The highest BCUT2D eigenvalue weighted by atomic mass is 79.9. The second-order valence-electron chi connectivity index (χ2n) is 5.29. The van der Waals surface area contributed by atoms with Gasteiger partial charge in [0, 0.05) is 10.5 Å². The summed E-state index contributed by atoms with van der Waals surface area (Å²) >= 11 is 3.65. The van der Waals surface area contributed by atoms with E-state index in [9.17, 15) is 0 Å². The minimum atomic E-state index is 0.473. The van der Waals surface area contributed by atoms with Gasteiger partial charge in [-0.25, -0.2) is 0 Å². The zero-order chi connectivity index (χ0) is 13.7. The van der Waals surface area contributed by atoms with E-state index in [4.69, 9.17) is 0 Å². The summed E-state index contributed by atoms with van der Waals surface area (Å²) in [5, 5.41) is 3.69. The standard InChI is InChI=1S/C16H26BrN/c1-6-8-18-16(11(3)7-2)14-9-12(4)15(17)13(5)10-14/h9-11,16,18H,6-8H2,1-5H3. The molecule has 0 aliphatic rings. The van der Waals surface area contributed by atoms with Crippen molar-refractivity contribution in [2.45, 2.75) is 53.5 Å². The lowest BCUT2D eigenvalue weighted by molar-refractivity contribution is 0.377. The number of hydrogen-bond acceptors (Lipinski definition) is 1. The normalized spacial score (nSPS) is 14.6. The van der Waals surface area contributed by atoms with Gasteiger partial charge in [-0.05, 0) is 49.4 Å². The lowest BCUT2D eigenvalue weighted by atomic mass is 9.90. The van der Waals surface area contributed by atoms with E-state index in [1.165, 1.54) is 34.0 Å². The van der Waals surface area contributed by atoms with Crippen LogP contribution >= 0.6 is 15.9 Å². The highest BCUT2D eigenvalue weighted by Crippen LogP contribution is 2.30. The molecule has 0 aromatic heterocycles. The molecule has 2 atom stereocenters. The van der Waals surface area contributed by atoms with Crippen molar-refractivity contribution >= 4 is 15.9 Å². The molecule has 0 aliphatic heterocycles. The summed E-state index contributed by atoms with van der Waals surface area (Å²) in [7, 11) is 0. The van der Waals surface area contributed by atoms with E-state index >= 15 is 0 Å². The summed E-state index contributed by atoms with van der Waals surface area (Å²) in [4.78, 5) is 0. The molecule has 0 bridgehead atoms. The molecule has 0 fully saturated rings. The van der Waals surface area contributed by atoms with E-state index in [0.29, 0.717) is 12.0 Å². The van der Waals surface area contributed by atoms with Gasteiger partial charge in [-0.3, -0.25) is 0 Å². The first-order chi connectivity index (χ1) is 8.51. The molecule has 1 N–H and O–H groups in total. The van der Waals surface area contributed by atoms with Crippen LogP contribution in [-0.4, -0.2) is 6.54 Å². The number of rotatable bonds is 6. The van der Waals surface area contributed by atoms with Crippen molar-refractivity contribution in [2.75, 3.05) is 6.54 Å². The third-order valence-corrected chi connectivity index (χ3v) is 4.90. The number of hydrogen-bond donors (Lipinski definition) is 1. The molecular formula is C16H26BrN. The zero-order valence-corrected chi connectivity index (χ0v) is 13.9. The van der Waals surface area contributed by atoms with Crippen LogP contribution in [0, 0.1) is 19.8 Å². The van der Waals surface area contributed by atoms with Crippen molar-refractivity contribution in [3.8, 4) is 0 Å². The van der Waals surface area contributed by atoms with Crippen LogP contribution in [0.2, 0.25) is 0 Å². The minimum absolute atomic E-state index is 0.473. The van der Waals surface area contributed by atoms with Crippen LogP contribution in [0.5, 0.6) is 0 Å². The number of benzene rings is 1. The molecule has 2 unspecified atom stereocenters. The lowest BCUT2D eigenvalue weighted by Gasteiger charge is -2.26. The van der Waals surface area contributed by atoms with E-state index in [-0.39, 0.29) is 0 Å². The Bertz CT molecular complexity index is 364. The molecule has 0 saturated heterocycles. The zero-order valence-electron chi connectivity index (χ0n) is 12.3. The van der Waals surface area contributed by atoms with Crippen molar-refractivity contribution in [3.63, 3.8) is 0 Å². The van der Waals surface area contributed by atoms with Gasteiger partial charge in [0.2, 0.25) is 0 Å². The minimum Gasteiger partial charge on any atom is -0.310 e. The molecule has 1 nitrogen and oxygen atoms in total. The second kappa shape index (κ2) is 7.30. The quantitative estimate of drug-likeness (QED) is 0.765. The van der Waals surface area contributed by atoms with Gasteiger partial charge < -0.3 is 5.32 Å². The van der Waals surface area contributed by atoms with E-state index in [2.05, 4.69) is 68.0 Å². The summed E-state index contributed by atoms with van der Waals surface area (Å²) in [6.45, 7) is 12.3. The number of nitrogens with one attached hydrogen (secondary N) is 1. The van der Waals surface area contributed by atoms with Gasteiger partial charge >= 0.3 is 0 Å². The summed E-state index contributed by atoms with van der Waals surface area (Å²) in [6.07, 6.45) is 2.39. The molecule has 0 saturated carbocycles.